The molecule has 0 fully saturated rings. The second-order valence-electron chi connectivity index (χ2n) is 8.47. The van der Waals surface area contributed by atoms with Gasteiger partial charge in [0.15, 0.2) is 0 Å². The summed E-state index contributed by atoms with van der Waals surface area (Å²) in [7, 11) is 0. The van der Waals surface area contributed by atoms with Gasteiger partial charge in [-0.05, 0) is 54.5 Å². The fourth-order valence-electron chi connectivity index (χ4n) is 4.33. The van der Waals surface area contributed by atoms with E-state index in [9.17, 15) is 28.0 Å². The van der Waals surface area contributed by atoms with Gasteiger partial charge in [0.2, 0.25) is 0 Å². The van der Waals surface area contributed by atoms with Gasteiger partial charge >= 0.3 is 12.1 Å². The largest absolute Gasteiger partial charge is 0.478 e. The van der Waals surface area contributed by atoms with Crippen LogP contribution in [0.5, 0.6) is 0 Å². The predicted octanol–water partition coefficient (Wildman–Crippen LogP) is 5.41. The number of hydrogen-bond acceptors (Lipinski definition) is 4. The maximum atomic E-state index is 13.5. The number of alkyl halides is 3. The number of carboxylic acid groups (broad SMARTS) is 1. The smallest absolute Gasteiger partial charge is 0.416 e. The molecule has 1 aliphatic rings. The molecule has 1 amide bonds. The number of carboxylic acids is 1. The van der Waals surface area contributed by atoms with Crippen molar-refractivity contribution in [1.29, 1.82) is 5.26 Å². The molecule has 0 radical (unpaired) electrons. The summed E-state index contributed by atoms with van der Waals surface area (Å²) in [4.78, 5) is 24.6. The minimum Gasteiger partial charge on any atom is -0.478 e. The number of amides is 1. The van der Waals surface area contributed by atoms with E-state index in [1.807, 2.05) is 0 Å². The van der Waals surface area contributed by atoms with E-state index in [0.717, 1.165) is 29.1 Å². The van der Waals surface area contributed by atoms with E-state index in [1.165, 1.54) is 18.2 Å². The van der Waals surface area contributed by atoms with Gasteiger partial charge in [0.25, 0.3) is 5.91 Å². The first-order valence-corrected chi connectivity index (χ1v) is 12.3. The second kappa shape index (κ2) is 10.1. The summed E-state index contributed by atoms with van der Waals surface area (Å²) in [6.45, 7) is 1.75. The molecule has 1 unspecified atom stereocenters. The van der Waals surface area contributed by atoms with E-state index >= 15 is 0 Å². The van der Waals surface area contributed by atoms with Crippen molar-refractivity contribution in [1.82, 2.24) is 9.88 Å². The van der Waals surface area contributed by atoms with Crippen LogP contribution in [0.25, 0.3) is 0 Å². The van der Waals surface area contributed by atoms with E-state index < -0.39 is 29.7 Å². The highest BCUT2D eigenvalue weighted by Crippen LogP contribution is 2.34. The number of halogens is 3. The van der Waals surface area contributed by atoms with Crippen LogP contribution in [0.3, 0.4) is 0 Å². The third kappa shape index (κ3) is 5.11. The number of rotatable bonds is 6. The minimum atomic E-state index is -4.49. The number of aromatic nitrogens is 1. The molecule has 186 valence electrons. The van der Waals surface area contributed by atoms with Gasteiger partial charge in [0.1, 0.15) is 11.8 Å². The van der Waals surface area contributed by atoms with Gasteiger partial charge < -0.3 is 15.0 Å². The molecule has 0 bridgehead atoms. The number of carbonyl (C=O) groups is 2. The third-order valence-electron chi connectivity index (χ3n) is 6.14. The Morgan fingerprint density at radius 2 is 1.94 bits per heavy atom. The molecule has 0 saturated heterocycles. The highest BCUT2D eigenvalue weighted by molar-refractivity contribution is 7.98. The van der Waals surface area contributed by atoms with Gasteiger partial charge in [-0.3, -0.25) is 4.79 Å². The van der Waals surface area contributed by atoms with Crippen molar-refractivity contribution in [3.05, 3.63) is 93.3 Å². The molecule has 1 aromatic heterocycles. The van der Waals surface area contributed by atoms with Crippen LogP contribution in [0.2, 0.25) is 0 Å². The lowest BCUT2D eigenvalue weighted by Crippen LogP contribution is -2.30. The molecule has 0 aliphatic carbocycles. The van der Waals surface area contributed by atoms with Crippen molar-refractivity contribution in [3.8, 4) is 6.07 Å². The summed E-state index contributed by atoms with van der Waals surface area (Å²) in [5.41, 5.74) is 2.26. The summed E-state index contributed by atoms with van der Waals surface area (Å²) in [6.07, 6.45) is -3.90. The zero-order valence-corrected chi connectivity index (χ0v) is 20.0. The molecule has 10 heteroatoms. The second-order valence-corrected chi connectivity index (χ2v) is 9.58. The summed E-state index contributed by atoms with van der Waals surface area (Å²) in [5, 5.41) is 21.9. The topological polar surface area (TPSA) is 95.1 Å². The van der Waals surface area contributed by atoms with Gasteiger partial charge in [-0.2, -0.15) is 30.2 Å². The molecule has 2 aromatic carbocycles. The zero-order valence-electron chi connectivity index (χ0n) is 19.2. The molecular formula is C26H22F3N3O3S. The first-order chi connectivity index (χ1) is 17.1. The zero-order chi connectivity index (χ0) is 26.0. The van der Waals surface area contributed by atoms with E-state index in [2.05, 4.69) is 11.4 Å². The summed E-state index contributed by atoms with van der Waals surface area (Å²) >= 11 is 1.63. The molecule has 4 rings (SSSR count). The number of aromatic carboxylic acids is 1. The van der Waals surface area contributed by atoms with Crippen LogP contribution >= 0.6 is 11.8 Å². The fraction of sp³-hybridized carbons (Fsp3) is 0.269. The lowest BCUT2D eigenvalue weighted by Gasteiger charge is -2.19. The number of nitrogens with one attached hydrogen (secondary N) is 1. The van der Waals surface area contributed by atoms with E-state index in [1.54, 1.807) is 41.5 Å². The van der Waals surface area contributed by atoms with Crippen molar-refractivity contribution in [2.24, 2.45) is 0 Å². The molecule has 2 N–H and O–H groups in total. The highest BCUT2D eigenvalue weighted by atomic mass is 32.2. The normalized spacial score (nSPS) is 14.0. The van der Waals surface area contributed by atoms with Crippen LogP contribution in [0.1, 0.15) is 67.3 Å². The van der Waals surface area contributed by atoms with Crippen LogP contribution < -0.4 is 5.32 Å². The highest BCUT2D eigenvalue weighted by Gasteiger charge is 2.32. The molecule has 0 saturated carbocycles. The number of hydrogen-bond donors (Lipinski definition) is 2. The molecule has 1 atom stereocenters. The Kier molecular flexibility index (Phi) is 7.13. The quantitative estimate of drug-likeness (QED) is 0.460. The van der Waals surface area contributed by atoms with Crippen LogP contribution in [0.15, 0.2) is 48.5 Å². The van der Waals surface area contributed by atoms with Gasteiger partial charge in [-0.1, -0.05) is 24.3 Å². The molecule has 3 aromatic rings. The molecule has 2 heterocycles. The van der Waals surface area contributed by atoms with Gasteiger partial charge in [0.05, 0.1) is 22.7 Å². The van der Waals surface area contributed by atoms with Crippen LogP contribution in [0, 0.1) is 11.3 Å². The lowest BCUT2D eigenvalue weighted by atomic mass is 10.1. The van der Waals surface area contributed by atoms with Gasteiger partial charge in [-0.15, -0.1) is 0 Å². The Morgan fingerprint density at radius 3 is 2.58 bits per heavy atom. The fourth-order valence-corrected chi connectivity index (χ4v) is 5.32. The number of fused-ring (bicyclic) bond motifs is 1. The van der Waals surface area contributed by atoms with Crippen LogP contribution in [-0.2, 0) is 24.9 Å². The van der Waals surface area contributed by atoms with E-state index in [4.69, 9.17) is 5.11 Å². The Hall–Kier alpha value is -3.71. The Labute approximate surface area is 209 Å². The number of nitrogens with zero attached hydrogens (tertiary/aromatic N) is 2. The number of thioether (sulfide) groups is 1. The molecule has 0 spiro atoms. The van der Waals surface area contributed by atoms with Crippen molar-refractivity contribution in [2.75, 3.05) is 5.75 Å². The van der Waals surface area contributed by atoms with Gasteiger partial charge in [0, 0.05) is 23.6 Å². The third-order valence-corrected chi connectivity index (χ3v) is 7.12. The van der Waals surface area contributed by atoms with Crippen molar-refractivity contribution < 1.29 is 27.9 Å². The number of benzene rings is 2. The maximum Gasteiger partial charge on any atom is 0.416 e. The number of nitriles is 1. The Bertz CT molecular complexity index is 1360. The SMILES string of the molecule is CC(NC(=O)c1c(C#N)c2c(n1Cc1cccc(C(F)(F)F)c1)CCSC2)c1ccc(C(=O)O)cc1. The first kappa shape index (κ1) is 25.4. The average Bonchev–Trinajstić information content (AvgIpc) is 3.17. The summed E-state index contributed by atoms with van der Waals surface area (Å²) in [6, 6.07) is 12.7. The lowest BCUT2D eigenvalue weighted by molar-refractivity contribution is -0.137. The van der Waals surface area contributed by atoms with Crippen molar-refractivity contribution in [3.63, 3.8) is 0 Å². The number of carbonyl (C=O) groups excluding carboxylic acids is 1. The Balaban J connectivity index is 1.70. The molecule has 6 nitrogen and oxygen atoms in total. The molecular weight excluding hydrogens is 491 g/mol. The van der Waals surface area contributed by atoms with Crippen molar-refractivity contribution >= 4 is 23.6 Å². The standard InChI is InChI=1S/C26H22F3N3O3S/c1-15(17-5-7-18(8-6-17)25(34)35)31-24(33)23-20(12-30)21-14-36-10-9-22(21)32(23)13-16-3-2-4-19(11-16)26(27,28)29/h2-8,11,15H,9-10,13-14H2,1H3,(H,31,33)(H,34,35). The minimum absolute atomic E-state index is 0.0169. The predicted molar refractivity (Wildman–Crippen MR) is 129 cm³/mol. The van der Waals surface area contributed by atoms with E-state index in [0.29, 0.717) is 23.3 Å². The maximum absolute atomic E-state index is 13.5. The monoisotopic (exact) mass is 513 g/mol. The van der Waals surface area contributed by atoms with Crippen LogP contribution in [0.4, 0.5) is 13.2 Å². The van der Waals surface area contributed by atoms with E-state index in [-0.39, 0.29) is 23.4 Å². The average molecular weight is 514 g/mol. The molecule has 1 aliphatic heterocycles. The summed E-state index contributed by atoms with van der Waals surface area (Å²) < 4.78 is 41.5. The first-order valence-electron chi connectivity index (χ1n) is 11.1. The van der Waals surface area contributed by atoms with Crippen LogP contribution in [-0.4, -0.2) is 27.3 Å². The summed E-state index contributed by atoms with van der Waals surface area (Å²) in [5.74, 6) is -0.265. The van der Waals surface area contributed by atoms with Crippen molar-refractivity contribution in [2.45, 2.75) is 37.9 Å². The van der Waals surface area contributed by atoms with Gasteiger partial charge in [-0.25, -0.2) is 4.79 Å². The molecule has 36 heavy (non-hydrogen) atoms. The Morgan fingerprint density at radius 1 is 1.22 bits per heavy atom.